The van der Waals surface area contributed by atoms with Crippen molar-refractivity contribution in [2.75, 3.05) is 0 Å². The molecule has 2 aromatic rings. The van der Waals surface area contributed by atoms with Crippen molar-refractivity contribution >= 4 is 61.5 Å². The monoisotopic (exact) mass is 310 g/mol. The molecule has 0 aromatic heterocycles. The Morgan fingerprint density at radius 2 is 1.42 bits per heavy atom. The van der Waals surface area contributed by atoms with Gasteiger partial charge < -0.3 is 0 Å². The fraction of sp³-hybridized carbons (Fsp3) is 0. The molecule has 0 saturated heterocycles. The minimum atomic E-state index is -4.62. The molecule has 0 fully saturated rings. The Kier molecular flexibility index (Phi) is 5.81. The second-order valence-electron chi connectivity index (χ2n) is 3.63. The van der Waals surface area contributed by atoms with Crippen LogP contribution in [0.5, 0.6) is 0 Å². The summed E-state index contributed by atoms with van der Waals surface area (Å²) in [6.07, 6.45) is 0. The number of hydrogen-bond acceptors (Lipinski definition) is 2. The maximum absolute atomic E-state index is 13.2. The Morgan fingerprint density at radius 3 is 1.95 bits per heavy atom. The van der Waals surface area contributed by atoms with Crippen LogP contribution in [-0.4, -0.2) is 64.4 Å². The summed E-state index contributed by atoms with van der Waals surface area (Å²) in [7, 11) is -4.62. The van der Waals surface area contributed by atoms with E-state index in [9.17, 15) is 17.2 Å². The summed E-state index contributed by atoms with van der Waals surface area (Å²) >= 11 is 0. The first kappa shape index (κ1) is 16.9. The average molecular weight is 310 g/mol. The van der Waals surface area contributed by atoms with E-state index in [0.717, 1.165) is 12.1 Å². The van der Waals surface area contributed by atoms with E-state index in [0.29, 0.717) is 11.1 Å². The molecule has 96 valence electrons. The molecule has 1 N–H and O–H groups in total. The summed E-state index contributed by atoms with van der Waals surface area (Å²) in [5.74, 6) is -1.47. The molecule has 0 aliphatic heterocycles. The van der Waals surface area contributed by atoms with Crippen LogP contribution in [0.2, 0.25) is 0 Å². The summed E-state index contributed by atoms with van der Waals surface area (Å²) in [5.41, 5.74) is 0.880. The molecular weight excluding hydrogens is 301 g/mol. The van der Waals surface area contributed by atoms with Gasteiger partial charge in [-0.15, -0.1) is 0 Å². The number of rotatable bonds is 2. The zero-order valence-electron chi connectivity index (χ0n) is 8.97. The topological polar surface area (TPSA) is 54.4 Å². The molecule has 0 unspecified atom stereocenters. The van der Waals surface area contributed by atoms with Crippen molar-refractivity contribution in [2.24, 2.45) is 0 Å². The average Bonchev–Trinajstić information content (AvgIpc) is 2.29. The molecule has 0 heterocycles. The number of hydrogen-bond donors (Lipinski definition) is 1. The SMILES string of the molecule is O=S(=O)(O)c1cc(-c2ccc(F)cc2)ccc1F.[KH]. The third-order valence-corrected chi connectivity index (χ3v) is 3.26. The van der Waals surface area contributed by atoms with Gasteiger partial charge >= 0.3 is 51.4 Å². The molecule has 2 aromatic carbocycles. The van der Waals surface area contributed by atoms with Crippen LogP contribution in [0.3, 0.4) is 0 Å². The van der Waals surface area contributed by atoms with Crippen molar-refractivity contribution in [1.29, 1.82) is 0 Å². The Balaban J connectivity index is 0.00000180. The van der Waals surface area contributed by atoms with Crippen molar-refractivity contribution in [3.8, 4) is 11.1 Å². The van der Waals surface area contributed by atoms with Gasteiger partial charge in [0.15, 0.2) is 0 Å². The molecule has 19 heavy (non-hydrogen) atoms. The molecule has 0 aliphatic carbocycles. The van der Waals surface area contributed by atoms with Gasteiger partial charge in [0.05, 0.1) is 0 Å². The third kappa shape index (κ3) is 4.15. The van der Waals surface area contributed by atoms with Crippen molar-refractivity contribution in [3.63, 3.8) is 0 Å². The van der Waals surface area contributed by atoms with Crippen molar-refractivity contribution in [1.82, 2.24) is 0 Å². The second-order valence-corrected chi connectivity index (χ2v) is 5.02. The van der Waals surface area contributed by atoms with E-state index < -0.39 is 26.6 Å². The second kappa shape index (κ2) is 6.53. The van der Waals surface area contributed by atoms with Crippen molar-refractivity contribution in [2.45, 2.75) is 4.90 Å². The molecule has 0 aliphatic rings. The molecule has 0 spiro atoms. The fourth-order valence-electron chi connectivity index (χ4n) is 1.52. The summed E-state index contributed by atoms with van der Waals surface area (Å²) < 4.78 is 56.7. The molecule has 0 atom stereocenters. The first-order valence-corrected chi connectivity index (χ1v) is 6.35. The first-order valence-electron chi connectivity index (χ1n) is 4.91. The van der Waals surface area contributed by atoms with Gasteiger partial charge in [-0.1, -0.05) is 18.2 Å². The van der Waals surface area contributed by atoms with E-state index in [1.807, 2.05) is 0 Å². The van der Waals surface area contributed by atoms with Gasteiger partial charge in [-0.2, -0.15) is 8.42 Å². The van der Waals surface area contributed by atoms with Gasteiger partial charge in [0.1, 0.15) is 16.5 Å². The molecule has 0 saturated carbocycles. The van der Waals surface area contributed by atoms with E-state index in [4.69, 9.17) is 4.55 Å². The minimum absolute atomic E-state index is 0. The fourth-order valence-corrected chi connectivity index (χ4v) is 2.11. The summed E-state index contributed by atoms with van der Waals surface area (Å²) in [6.45, 7) is 0. The molecule has 7 heteroatoms. The summed E-state index contributed by atoms with van der Waals surface area (Å²) in [6, 6.07) is 8.53. The Hall–Kier alpha value is -0.154. The normalized spacial score (nSPS) is 10.9. The van der Waals surface area contributed by atoms with Gasteiger partial charge in [0, 0.05) is 0 Å². The number of benzene rings is 2. The van der Waals surface area contributed by atoms with Crippen LogP contribution in [0.1, 0.15) is 0 Å². The number of halogens is 2. The van der Waals surface area contributed by atoms with Crippen LogP contribution in [-0.2, 0) is 10.1 Å². The van der Waals surface area contributed by atoms with E-state index in [1.54, 1.807) is 0 Å². The predicted molar refractivity (Wildman–Crippen MR) is 68.8 cm³/mol. The van der Waals surface area contributed by atoms with Gasteiger partial charge in [-0.3, -0.25) is 4.55 Å². The Labute approximate surface area is 151 Å². The molecule has 0 radical (unpaired) electrons. The van der Waals surface area contributed by atoms with E-state index >= 15 is 0 Å². The first-order chi connectivity index (χ1) is 8.38. The molecule has 2 rings (SSSR count). The van der Waals surface area contributed by atoms with Gasteiger partial charge in [-0.05, 0) is 35.4 Å². The van der Waals surface area contributed by atoms with Crippen molar-refractivity contribution in [3.05, 3.63) is 54.1 Å². The summed E-state index contributed by atoms with van der Waals surface area (Å²) in [4.78, 5) is -0.802. The van der Waals surface area contributed by atoms with Crippen LogP contribution < -0.4 is 0 Å². The van der Waals surface area contributed by atoms with E-state index in [2.05, 4.69) is 0 Å². The van der Waals surface area contributed by atoms with E-state index in [-0.39, 0.29) is 51.4 Å². The van der Waals surface area contributed by atoms with Crippen LogP contribution in [0.25, 0.3) is 11.1 Å². The molecule has 3 nitrogen and oxygen atoms in total. The van der Waals surface area contributed by atoms with Gasteiger partial charge in [0.25, 0.3) is 10.1 Å². The quantitative estimate of drug-likeness (QED) is 0.683. The van der Waals surface area contributed by atoms with Crippen molar-refractivity contribution < 1.29 is 21.8 Å². The zero-order valence-corrected chi connectivity index (χ0v) is 9.79. The van der Waals surface area contributed by atoms with Crippen LogP contribution in [0.4, 0.5) is 8.78 Å². The Bertz CT molecular complexity index is 685. The van der Waals surface area contributed by atoms with Crippen LogP contribution >= 0.6 is 0 Å². The third-order valence-electron chi connectivity index (χ3n) is 2.39. The Morgan fingerprint density at radius 1 is 0.895 bits per heavy atom. The van der Waals surface area contributed by atoms with E-state index in [1.165, 1.54) is 30.3 Å². The zero-order chi connectivity index (χ0) is 13.3. The van der Waals surface area contributed by atoms with Gasteiger partial charge in [-0.25, -0.2) is 8.78 Å². The molecule has 0 bridgehead atoms. The van der Waals surface area contributed by atoms with Gasteiger partial charge in [0.2, 0.25) is 0 Å². The van der Waals surface area contributed by atoms with Crippen LogP contribution in [0.15, 0.2) is 47.4 Å². The molecular formula is C12H9F2KO3S. The summed E-state index contributed by atoms with van der Waals surface area (Å²) in [5, 5.41) is 0. The predicted octanol–water partition coefficient (Wildman–Crippen LogP) is 2.23. The maximum atomic E-state index is 13.2. The standard InChI is InChI=1S/C12H8F2O3S.K.H/c13-10-4-1-8(2-5-10)9-3-6-11(14)12(7-9)18(15,16)17;;/h1-7H,(H,15,16,17);;. The molecule has 0 amide bonds. The van der Waals surface area contributed by atoms with Crippen LogP contribution in [0, 0.1) is 11.6 Å².